The van der Waals surface area contributed by atoms with E-state index in [1.807, 2.05) is 0 Å². The van der Waals surface area contributed by atoms with E-state index in [9.17, 15) is 4.79 Å². The van der Waals surface area contributed by atoms with Crippen LogP contribution in [0.1, 0.15) is 10.4 Å². The highest BCUT2D eigenvalue weighted by atomic mass is 79.9. The number of amides is 1. The van der Waals surface area contributed by atoms with Crippen molar-refractivity contribution in [3.63, 3.8) is 0 Å². The fourth-order valence-corrected chi connectivity index (χ4v) is 1.54. The highest BCUT2D eigenvalue weighted by Crippen LogP contribution is 2.13. The zero-order chi connectivity index (χ0) is 11.5. The van der Waals surface area contributed by atoms with Crippen molar-refractivity contribution in [2.24, 2.45) is 7.05 Å². The number of anilines is 1. The second kappa shape index (κ2) is 4.44. The molecule has 0 radical (unpaired) electrons. The second-order valence-corrected chi connectivity index (χ2v) is 4.13. The van der Waals surface area contributed by atoms with Gasteiger partial charge in [0, 0.05) is 23.9 Å². The Bertz CT molecular complexity index is 523. The number of halogens is 1. The molecule has 0 saturated heterocycles. The lowest BCUT2D eigenvalue weighted by Crippen LogP contribution is -2.12. The normalized spacial score (nSPS) is 10.1. The largest absolute Gasteiger partial charge is 0.306 e. The third kappa shape index (κ3) is 2.46. The first-order valence-corrected chi connectivity index (χ1v) is 5.36. The number of aromatic nitrogens is 3. The number of nitrogens with one attached hydrogen (secondary N) is 1. The van der Waals surface area contributed by atoms with Crippen LogP contribution in [0.25, 0.3) is 0 Å². The number of hydrogen-bond acceptors (Lipinski definition) is 3. The molecule has 0 aliphatic heterocycles. The number of carbonyl (C=O) groups is 1. The summed E-state index contributed by atoms with van der Waals surface area (Å²) in [6.45, 7) is 0. The van der Waals surface area contributed by atoms with Crippen LogP contribution >= 0.6 is 15.9 Å². The standard InChI is InChI=1S/C10H9BrN4O/c1-15-6-7(5-13-15)10(16)14-9-4-8(11)2-3-12-9/h2-6H,1H3,(H,12,14,16). The first kappa shape index (κ1) is 10.8. The Morgan fingerprint density at radius 2 is 2.38 bits per heavy atom. The molecule has 0 fully saturated rings. The summed E-state index contributed by atoms with van der Waals surface area (Å²) in [5.41, 5.74) is 0.504. The lowest BCUT2D eigenvalue weighted by molar-refractivity contribution is 0.102. The molecule has 0 atom stereocenters. The molecule has 1 N–H and O–H groups in total. The molecule has 0 spiro atoms. The van der Waals surface area contributed by atoms with E-state index >= 15 is 0 Å². The van der Waals surface area contributed by atoms with Crippen molar-refractivity contribution in [1.29, 1.82) is 0 Å². The summed E-state index contributed by atoms with van der Waals surface area (Å²) in [6, 6.07) is 3.52. The van der Waals surface area contributed by atoms with Crippen molar-refractivity contribution in [3.8, 4) is 0 Å². The van der Waals surface area contributed by atoms with Gasteiger partial charge in [0.1, 0.15) is 5.82 Å². The minimum absolute atomic E-state index is 0.223. The molecule has 16 heavy (non-hydrogen) atoms. The van der Waals surface area contributed by atoms with Crippen LogP contribution in [0.4, 0.5) is 5.82 Å². The van der Waals surface area contributed by atoms with Gasteiger partial charge in [-0.1, -0.05) is 15.9 Å². The van der Waals surface area contributed by atoms with Gasteiger partial charge in [-0.2, -0.15) is 5.10 Å². The topological polar surface area (TPSA) is 59.8 Å². The second-order valence-electron chi connectivity index (χ2n) is 3.22. The number of carbonyl (C=O) groups excluding carboxylic acids is 1. The van der Waals surface area contributed by atoms with Crippen LogP contribution < -0.4 is 5.32 Å². The van der Waals surface area contributed by atoms with Gasteiger partial charge in [0.05, 0.1) is 11.8 Å². The molecule has 2 heterocycles. The van der Waals surface area contributed by atoms with E-state index in [-0.39, 0.29) is 5.91 Å². The van der Waals surface area contributed by atoms with E-state index in [1.165, 1.54) is 6.20 Å². The lowest BCUT2D eigenvalue weighted by atomic mass is 10.3. The number of aryl methyl sites for hydroxylation is 1. The molecular weight excluding hydrogens is 272 g/mol. The van der Waals surface area contributed by atoms with Crippen LogP contribution in [-0.2, 0) is 7.05 Å². The smallest absolute Gasteiger partial charge is 0.260 e. The summed E-state index contributed by atoms with van der Waals surface area (Å²) in [5, 5.41) is 6.60. The zero-order valence-electron chi connectivity index (χ0n) is 8.51. The van der Waals surface area contributed by atoms with Crippen molar-refractivity contribution < 1.29 is 4.79 Å². The minimum atomic E-state index is -0.223. The number of nitrogens with zero attached hydrogens (tertiary/aromatic N) is 3. The molecule has 0 aromatic carbocycles. The van der Waals surface area contributed by atoms with E-state index in [0.29, 0.717) is 11.4 Å². The van der Waals surface area contributed by atoms with Crippen LogP contribution in [-0.4, -0.2) is 20.7 Å². The third-order valence-electron chi connectivity index (χ3n) is 1.93. The van der Waals surface area contributed by atoms with Crippen LogP contribution in [0.5, 0.6) is 0 Å². The highest BCUT2D eigenvalue weighted by molar-refractivity contribution is 9.10. The Kier molecular flexibility index (Phi) is 3.00. The summed E-state index contributed by atoms with van der Waals surface area (Å²) < 4.78 is 2.44. The van der Waals surface area contributed by atoms with Gasteiger partial charge in [-0.05, 0) is 12.1 Å². The van der Waals surface area contributed by atoms with Crippen molar-refractivity contribution in [2.45, 2.75) is 0 Å². The fourth-order valence-electron chi connectivity index (χ4n) is 1.20. The Morgan fingerprint density at radius 3 is 3.00 bits per heavy atom. The first-order valence-electron chi connectivity index (χ1n) is 4.57. The average Bonchev–Trinajstić information content (AvgIpc) is 2.65. The molecule has 0 unspecified atom stereocenters. The molecule has 5 nitrogen and oxygen atoms in total. The van der Waals surface area contributed by atoms with Crippen LogP contribution in [0.2, 0.25) is 0 Å². The molecule has 0 aliphatic rings. The van der Waals surface area contributed by atoms with Crippen LogP contribution in [0, 0.1) is 0 Å². The quantitative estimate of drug-likeness (QED) is 0.913. The van der Waals surface area contributed by atoms with E-state index in [4.69, 9.17) is 0 Å². The van der Waals surface area contributed by atoms with E-state index in [0.717, 1.165) is 4.47 Å². The third-order valence-corrected chi connectivity index (χ3v) is 2.42. The molecule has 2 aromatic heterocycles. The van der Waals surface area contributed by atoms with Crippen molar-refractivity contribution in [2.75, 3.05) is 5.32 Å². The van der Waals surface area contributed by atoms with Gasteiger partial charge in [-0.3, -0.25) is 9.48 Å². The maximum absolute atomic E-state index is 11.7. The van der Waals surface area contributed by atoms with Gasteiger partial charge in [0.2, 0.25) is 0 Å². The predicted octanol–water partition coefficient (Wildman–Crippen LogP) is 1.83. The predicted molar refractivity (Wildman–Crippen MR) is 63.1 cm³/mol. The monoisotopic (exact) mass is 280 g/mol. The summed E-state index contributed by atoms with van der Waals surface area (Å²) in [4.78, 5) is 15.7. The number of hydrogen-bond donors (Lipinski definition) is 1. The SMILES string of the molecule is Cn1cc(C(=O)Nc2cc(Br)ccn2)cn1. The maximum Gasteiger partial charge on any atom is 0.260 e. The van der Waals surface area contributed by atoms with Gasteiger partial charge in [-0.25, -0.2) is 4.98 Å². The maximum atomic E-state index is 11.7. The van der Waals surface area contributed by atoms with Crippen LogP contribution in [0.3, 0.4) is 0 Å². The van der Waals surface area contributed by atoms with Crippen molar-refractivity contribution in [1.82, 2.24) is 14.8 Å². The molecular formula is C10H9BrN4O. The van der Waals surface area contributed by atoms with Crippen LogP contribution in [0.15, 0.2) is 35.2 Å². The molecule has 0 aliphatic carbocycles. The minimum Gasteiger partial charge on any atom is -0.306 e. The van der Waals surface area contributed by atoms with E-state index < -0.39 is 0 Å². The first-order chi connectivity index (χ1) is 7.65. The molecule has 2 rings (SSSR count). The number of pyridine rings is 1. The van der Waals surface area contributed by atoms with Gasteiger partial charge in [-0.15, -0.1) is 0 Å². The summed E-state index contributed by atoms with van der Waals surface area (Å²) in [6.07, 6.45) is 4.77. The summed E-state index contributed by atoms with van der Waals surface area (Å²) in [5.74, 6) is 0.280. The van der Waals surface area contributed by atoms with E-state index in [2.05, 4.69) is 31.3 Å². The van der Waals surface area contributed by atoms with Gasteiger partial charge < -0.3 is 5.32 Å². The molecule has 0 bridgehead atoms. The fraction of sp³-hybridized carbons (Fsp3) is 0.100. The lowest BCUT2D eigenvalue weighted by Gasteiger charge is -2.02. The van der Waals surface area contributed by atoms with E-state index in [1.54, 1.807) is 36.3 Å². The number of rotatable bonds is 2. The van der Waals surface area contributed by atoms with Gasteiger partial charge in [0.25, 0.3) is 5.91 Å². The molecule has 1 amide bonds. The zero-order valence-corrected chi connectivity index (χ0v) is 10.1. The Hall–Kier alpha value is -1.69. The highest BCUT2D eigenvalue weighted by Gasteiger charge is 2.08. The molecule has 2 aromatic rings. The Labute approximate surface area is 101 Å². The van der Waals surface area contributed by atoms with Crippen molar-refractivity contribution in [3.05, 3.63) is 40.8 Å². The molecule has 82 valence electrons. The Balaban J connectivity index is 2.13. The Morgan fingerprint density at radius 1 is 1.56 bits per heavy atom. The summed E-state index contributed by atoms with van der Waals surface area (Å²) in [7, 11) is 1.76. The molecule has 0 saturated carbocycles. The average molecular weight is 281 g/mol. The molecule has 6 heteroatoms. The van der Waals surface area contributed by atoms with Crippen molar-refractivity contribution >= 4 is 27.7 Å². The van der Waals surface area contributed by atoms with Gasteiger partial charge in [0.15, 0.2) is 0 Å². The van der Waals surface area contributed by atoms with Gasteiger partial charge >= 0.3 is 0 Å². The summed E-state index contributed by atoms with van der Waals surface area (Å²) >= 11 is 3.30.